The molecule has 0 aliphatic carbocycles. The van der Waals surface area contributed by atoms with Gasteiger partial charge in [0.2, 0.25) is 0 Å². The van der Waals surface area contributed by atoms with Crippen LogP contribution in [0, 0.1) is 5.82 Å². The van der Waals surface area contributed by atoms with Crippen molar-refractivity contribution in [1.29, 1.82) is 0 Å². The average molecular weight is 269 g/mol. The fraction of sp³-hybridized carbons (Fsp3) is 0.333. The molecule has 1 heterocycles. The van der Waals surface area contributed by atoms with Gasteiger partial charge in [0.25, 0.3) is 0 Å². The summed E-state index contributed by atoms with van der Waals surface area (Å²) in [6.45, 7) is 2.72. The molecule has 0 spiro atoms. The van der Waals surface area contributed by atoms with E-state index >= 15 is 0 Å². The summed E-state index contributed by atoms with van der Waals surface area (Å²) in [5.74, 6) is 0.0377. The van der Waals surface area contributed by atoms with Crippen LogP contribution in [0.4, 0.5) is 4.39 Å². The van der Waals surface area contributed by atoms with E-state index in [1.807, 2.05) is 6.92 Å². The lowest BCUT2D eigenvalue weighted by molar-refractivity contribution is 0.538. The van der Waals surface area contributed by atoms with E-state index in [0.29, 0.717) is 17.9 Å². The van der Waals surface area contributed by atoms with Gasteiger partial charge in [-0.3, -0.25) is 0 Å². The fourth-order valence-corrected chi connectivity index (χ4v) is 1.98. The Kier molecular flexibility index (Phi) is 3.93. The third-order valence-corrected chi connectivity index (χ3v) is 2.97. The predicted octanol–water partition coefficient (Wildman–Crippen LogP) is 2.53. The highest BCUT2D eigenvalue weighted by molar-refractivity contribution is 6.30. The summed E-state index contributed by atoms with van der Waals surface area (Å²) in [5, 5.41) is 4.13. The zero-order chi connectivity index (χ0) is 13.1. The molecule has 1 unspecified atom stereocenters. The first-order chi connectivity index (χ1) is 8.65. The molecule has 0 fully saturated rings. The second kappa shape index (κ2) is 5.46. The summed E-state index contributed by atoms with van der Waals surface area (Å²) >= 11 is 5.75. The van der Waals surface area contributed by atoms with Crippen LogP contribution >= 0.6 is 11.6 Å². The minimum Gasteiger partial charge on any atom is -0.318 e. The second-order valence-electron chi connectivity index (χ2n) is 3.96. The molecule has 2 aromatic rings. The van der Waals surface area contributed by atoms with Crippen molar-refractivity contribution in [3.8, 4) is 0 Å². The Morgan fingerprint density at radius 3 is 3.00 bits per heavy atom. The van der Waals surface area contributed by atoms with Crippen molar-refractivity contribution in [2.24, 2.45) is 5.73 Å². The molecular formula is C12H14ClFN4. The predicted molar refractivity (Wildman–Crippen MR) is 67.8 cm³/mol. The lowest BCUT2D eigenvalue weighted by Crippen LogP contribution is -2.20. The van der Waals surface area contributed by atoms with Crippen LogP contribution in [0.15, 0.2) is 24.5 Å². The molecule has 0 aliphatic heterocycles. The van der Waals surface area contributed by atoms with Gasteiger partial charge in [-0.05, 0) is 12.5 Å². The molecule has 4 nitrogen and oxygen atoms in total. The first-order valence-electron chi connectivity index (χ1n) is 5.72. The molecule has 1 aromatic carbocycles. The Labute approximate surface area is 110 Å². The number of aryl methyl sites for hydroxylation is 1. The first-order valence-corrected chi connectivity index (χ1v) is 6.10. The van der Waals surface area contributed by atoms with Gasteiger partial charge in [-0.2, -0.15) is 5.10 Å². The van der Waals surface area contributed by atoms with Crippen molar-refractivity contribution in [2.75, 3.05) is 0 Å². The third-order valence-electron chi connectivity index (χ3n) is 2.68. The van der Waals surface area contributed by atoms with Crippen molar-refractivity contribution in [2.45, 2.75) is 25.9 Å². The summed E-state index contributed by atoms with van der Waals surface area (Å²) in [6.07, 6.45) is 2.33. The van der Waals surface area contributed by atoms with Crippen molar-refractivity contribution < 1.29 is 4.39 Å². The highest BCUT2D eigenvalue weighted by Crippen LogP contribution is 2.25. The maximum atomic E-state index is 13.9. The normalized spacial score (nSPS) is 12.7. The van der Waals surface area contributed by atoms with Gasteiger partial charge in [0.05, 0.1) is 11.1 Å². The van der Waals surface area contributed by atoms with Crippen molar-refractivity contribution >= 4 is 11.6 Å². The van der Waals surface area contributed by atoms with Gasteiger partial charge in [0.1, 0.15) is 18.0 Å². The van der Waals surface area contributed by atoms with E-state index in [4.69, 9.17) is 17.3 Å². The molecule has 0 saturated heterocycles. The number of halogens is 2. The second-order valence-corrected chi connectivity index (χ2v) is 4.37. The SMILES string of the molecule is CCCn1ncnc1C(N)c1cccc(Cl)c1F. The van der Waals surface area contributed by atoms with Crippen LogP contribution in [-0.2, 0) is 6.54 Å². The smallest absolute Gasteiger partial charge is 0.148 e. The number of hydrogen-bond acceptors (Lipinski definition) is 3. The molecule has 96 valence electrons. The van der Waals surface area contributed by atoms with Gasteiger partial charge in [-0.15, -0.1) is 0 Å². The molecule has 2 rings (SSSR count). The van der Waals surface area contributed by atoms with Crippen molar-refractivity contribution in [1.82, 2.24) is 14.8 Å². The van der Waals surface area contributed by atoms with E-state index in [-0.39, 0.29) is 5.02 Å². The summed E-state index contributed by atoms with van der Waals surface area (Å²) in [5.41, 5.74) is 6.37. The number of rotatable bonds is 4. The van der Waals surface area contributed by atoms with E-state index in [2.05, 4.69) is 10.1 Å². The number of hydrogen-bond donors (Lipinski definition) is 1. The molecule has 0 saturated carbocycles. The van der Waals surface area contributed by atoms with Gasteiger partial charge in [-0.25, -0.2) is 14.1 Å². The number of nitrogens with zero attached hydrogens (tertiary/aromatic N) is 3. The van der Waals surface area contributed by atoms with Crippen molar-refractivity contribution in [3.63, 3.8) is 0 Å². The van der Waals surface area contributed by atoms with Crippen LogP contribution in [0.1, 0.15) is 30.8 Å². The molecule has 0 radical (unpaired) electrons. The Morgan fingerprint density at radius 2 is 2.28 bits per heavy atom. The maximum absolute atomic E-state index is 13.9. The molecular weight excluding hydrogens is 255 g/mol. The van der Waals surface area contributed by atoms with E-state index in [1.165, 1.54) is 12.4 Å². The average Bonchev–Trinajstić information content (AvgIpc) is 2.80. The Morgan fingerprint density at radius 1 is 1.50 bits per heavy atom. The molecule has 1 aromatic heterocycles. The van der Waals surface area contributed by atoms with Gasteiger partial charge >= 0.3 is 0 Å². The highest BCUT2D eigenvalue weighted by Gasteiger charge is 2.20. The zero-order valence-electron chi connectivity index (χ0n) is 9.98. The fourth-order valence-electron chi connectivity index (χ4n) is 1.80. The molecule has 1 atom stereocenters. The quantitative estimate of drug-likeness (QED) is 0.927. The summed E-state index contributed by atoms with van der Waals surface area (Å²) in [6, 6.07) is 4.10. The molecule has 18 heavy (non-hydrogen) atoms. The molecule has 2 N–H and O–H groups in total. The van der Waals surface area contributed by atoms with Crippen LogP contribution in [0.2, 0.25) is 5.02 Å². The van der Waals surface area contributed by atoms with E-state index in [0.717, 1.165) is 6.42 Å². The molecule has 0 amide bonds. The third kappa shape index (κ3) is 2.37. The van der Waals surface area contributed by atoms with E-state index in [9.17, 15) is 4.39 Å². The molecule has 6 heteroatoms. The van der Waals surface area contributed by atoms with Crippen LogP contribution in [-0.4, -0.2) is 14.8 Å². The van der Waals surface area contributed by atoms with Crippen LogP contribution in [0.25, 0.3) is 0 Å². The number of benzene rings is 1. The van der Waals surface area contributed by atoms with E-state index in [1.54, 1.807) is 16.8 Å². The summed E-state index contributed by atoms with van der Waals surface area (Å²) < 4.78 is 15.6. The zero-order valence-corrected chi connectivity index (χ0v) is 10.7. The minimum atomic E-state index is -0.669. The Hall–Kier alpha value is -1.46. The molecule has 0 aliphatic rings. The lowest BCUT2D eigenvalue weighted by atomic mass is 10.1. The van der Waals surface area contributed by atoms with Gasteiger partial charge < -0.3 is 5.73 Å². The Balaban J connectivity index is 2.38. The Bertz CT molecular complexity index is 541. The monoisotopic (exact) mass is 268 g/mol. The van der Waals surface area contributed by atoms with Gasteiger partial charge in [0.15, 0.2) is 0 Å². The van der Waals surface area contributed by atoms with Crippen LogP contribution in [0.5, 0.6) is 0 Å². The van der Waals surface area contributed by atoms with Crippen molar-refractivity contribution in [3.05, 3.63) is 46.8 Å². The first kappa shape index (κ1) is 13.0. The summed E-state index contributed by atoms with van der Waals surface area (Å²) in [7, 11) is 0. The topological polar surface area (TPSA) is 56.7 Å². The standard InChI is InChI=1S/C12H14ClFN4/c1-2-6-18-12(16-7-17-18)11(15)8-4-3-5-9(13)10(8)14/h3-5,7,11H,2,6,15H2,1H3. The molecule has 0 bridgehead atoms. The minimum absolute atomic E-state index is 0.0597. The van der Waals surface area contributed by atoms with Crippen LogP contribution in [0.3, 0.4) is 0 Å². The number of nitrogens with two attached hydrogens (primary N) is 1. The number of aromatic nitrogens is 3. The van der Waals surface area contributed by atoms with Crippen LogP contribution < -0.4 is 5.73 Å². The van der Waals surface area contributed by atoms with E-state index < -0.39 is 11.9 Å². The largest absolute Gasteiger partial charge is 0.318 e. The lowest BCUT2D eigenvalue weighted by Gasteiger charge is -2.14. The van der Waals surface area contributed by atoms with Gasteiger partial charge in [0, 0.05) is 12.1 Å². The van der Waals surface area contributed by atoms with Gasteiger partial charge in [-0.1, -0.05) is 30.7 Å². The highest BCUT2D eigenvalue weighted by atomic mass is 35.5. The maximum Gasteiger partial charge on any atom is 0.148 e. The summed E-state index contributed by atoms with van der Waals surface area (Å²) in [4.78, 5) is 4.10.